The van der Waals surface area contributed by atoms with Crippen molar-refractivity contribution in [2.45, 2.75) is 44.8 Å². The van der Waals surface area contributed by atoms with Crippen molar-refractivity contribution < 1.29 is 9.34 Å². The molecule has 1 heterocycles. The molecule has 3 atom stereocenters. The Bertz CT molecular complexity index is 807. The summed E-state index contributed by atoms with van der Waals surface area (Å²) in [5, 5.41) is 17.7. The zero-order valence-corrected chi connectivity index (χ0v) is 17.9. The van der Waals surface area contributed by atoms with Gasteiger partial charge in [0.1, 0.15) is 5.76 Å². The molecule has 2 aliphatic carbocycles. The third-order valence-electron chi connectivity index (χ3n) is 5.64. The molecule has 2 aliphatic rings. The van der Waals surface area contributed by atoms with Crippen LogP contribution in [-0.4, -0.2) is 16.9 Å². The molecule has 2 fully saturated rings. The number of benzene rings is 1. The third-order valence-corrected chi connectivity index (χ3v) is 5.64. The van der Waals surface area contributed by atoms with Crippen molar-refractivity contribution in [3.8, 4) is 0 Å². The molecule has 2 saturated carbocycles. The molecule has 0 radical (unpaired) electrons. The van der Waals surface area contributed by atoms with Crippen LogP contribution in [0, 0.1) is 22.0 Å². The number of aliphatic imine (C=N–C) groups is 1. The number of halogens is 1. The number of fused-ring (bicyclic) bond motifs is 2. The number of furan rings is 1. The predicted octanol–water partition coefficient (Wildman–Crippen LogP) is 4.23. The fourth-order valence-corrected chi connectivity index (χ4v) is 4.23. The first-order valence-electron chi connectivity index (χ1n) is 9.48. The van der Waals surface area contributed by atoms with E-state index in [2.05, 4.69) is 10.6 Å². The second-order valence-corrected chi connectivity index (χ2v) is 7.45. The molecule has 28 heavy (non-hydrogen) atoms. The van der Waals surface area contributed by atoms with Gasteiger partial charge in [-0.3, -0.25) is 10.1 Å². The second-order valence-electron chi connectivity index (χ2n) is 7.45. The number of nitrogens with one attached hydrogen (secondary N) is 2. The van der Waals surface area contributed by atoms with E-state index in [1.165, 1.54) is 37.8 Å². The Morgan fingerprint density at radius 2 is 2.04 bits per heavy atom. The van der Waals surface area contributed by atoms with Crippen LogP contribution >= 0.6 is 24.0 Å². The largest absolute Gasteiger partial charge is 0.467 e. The molecule has 150 valence electrons. The van der Waals surface area contributed by atoms with Crippen LogP contribution in [0.4, 0.5) is 5.69 Å². The fraction of sp³-hybridized carbons (Fsp3) is 0.450. The first kappa shape index (κ1) is 20.6. The molecule has 0 spiro atoms. The number of non-ortho nitro benzene ring substituents is 1. The normalized spacial score (nSPS) is 23.3. The number of nitrogens with zero attached hydrogens (tertiary/aromatic N) is 2. The number of nitro benzene ring substituents is 1. The highest BCUT2D eigenvalue weighted by atomic mass is 127. The van der Waals surface area contributed by atoms with Crippen LogP contribution in [0.15, 0.2) is 52.1 Å². The highest BCUT2D eigenvalue weighted by Gasteiger charge is 2.39. The average Bonchev–Trinajstić information content (AvgIpc) is 3.42. The molecular formula is C20H25IN4O3. The van der Waals surface area contributed by atoms with E-state index in [9.17, 15) is 10.1 Å². The molecule has 0 aliphatic heterocycles. The summed E-state index contributed by atoms with van der Waals surface area (Å²) >= 11 is 0. The molecule has 7 nitrogen and oxygen atoms in total. The lowest BCUT2D eigenvalue weighted by atomic mass is 9.95. The van der Waals surface area contributed by atoms with E-state index in [1.807, 2.05) is 12.1 Å². The highest BCUT2D eigenvalue weighted by molar-refractivity contribution is 14.0. The maximum atomic E-state index is 10.8. The SMILES string of the molecule is I.O=[N+]([O-])c1ccc(CN=C(NCc2ccco2)NC2CC3CCC2C3)cc1. The minimum atomic E-state index is -0.389. The number of hydrogen-bond donors (Lipinski definition) is 2. The Hall–Kier alpha value is -2.10. The van der Waals surface area contributed by atoms with E-state index in [0.717, 1.165) is 29.1 Å². The lowest BCUT2D eigenvalue weighted by Gasteiger charge is -2.25. The lowest BCUT2D eigenvalue weighted by Crippen LogP contribution is -2.45. The maximum Gasteiger partial charge on any atom is 0.269 e. The monoisotopic (exact) mass is 496 g/mol. The summed E-state index contributed by atoms with van der Waals surface area (Å²) in [5.74, 6) is 3.22. The molecular weight excluding hydrogens is 471 g/mol. The summed E-state index contributed by atoms with van der Waals surface area (Å²) in [5.41, 5.74) is 1.03. The highest BCUT2D eigenvalue weighted by Crippen LogP contribution is 2.44. The topological polar surface area (TPSA) is 92.7 Å². The molecule has 2 bridgehead atoms. The van der Waals surface area contributed by atoms with Gasteiger partial charge in [-0.2, -0.15) is 0 Å². The van der Waals surface area contributed by atoms with Gasteiger partial charge in [0.2, 0.25) is 0 Å². The molecule has 0 saturated heterocycles. The minimum absolute atomic E-state index is 0. The standard InChI is InChI=1S/C20H24N4O3.HI/c25-24(26)17-7-4-14(5-8-17)12-21-20(22-13-18-2-1-9-27-18)23-19-11-15-3-6-16(19)10-15;/h1-2,4-5,7-9,15-16,19H,3,6,10-13H2,(H2,21,22,23);1H. The van der Waals surface area contributed by atoms with E-state index in [1.54, 1.807) is 18.4 Å². The van der Waals surface area contributed by atoms with Gasteiger partial charge >= 0.3 is 0 Å². The third kappa shape index (κ3) is 5.03. The van der Waals surface area contributed by atoms with Gasteiger partial charge in [-0.05, 0) is 48.8 Å². The lowest BCUT2D eigenvalue weighted by molar-refractivity contribution is -0.384. The van der Waals surface area contributed by atoms with Gasteiger partial charge in [0.25, 0.3) is 5.69 Å². The Labute approximate surface area is 181 Å². The van der Waals surface area contributed by atoms with E-state index >= 15 is 0 Å². The summed E-state index contributed by atoms with van der Waals surface area (Å²) in [6, 6.07) is 10.8. The van der Waals surface area contributed by atoms with Gasteiger partial charge in [-0.1, -0.05) is 18.6 Å². The van der Waals surface area contributed by atoms with Crippen LogP contribution in [0.2, 0.25) is 0 Å². The Kier molecular flexibility index (Phi) is 6.93. The molecule has 0 amide bonds. The van der Waals surface area contributed by atoms with Gasteiger partial charge in [-0.25, -0.2) is 4.99 Å². The van der Waals surface area contributed by atoms with Gasteiger partial charge in [-0.15, -0.1) is 24.0 Å². The van der Waals surface area contributed by atoms with Crippen LogP contribution in [-0.2, 0) is 13.1 Å². The zero-order valence-electron chi connectivity index (χ0n) is 15.5. The minimum Gasteiger partial charge on any atom is -0.467 e. The molecule has 2 N–H and O–H groups in total. The number of hydrogen-bond acceptors (Lipinski definition) is 4. The number of nitro groups is 1. The maximum absolute atomic E-state index is 10.8. The van der Waals surface area contributed by atoms with E-state index in [4.69, 9.17) is 9.41 Å². The van der Waals surface area contributed by atoms with Crippen molar-refractivity contribution >= 4 is 35.6 Å². The first-order chi connectivity index (χ1) is 13.2. The van der Waals surface area contributed by atoms with Crippen LogP contribution in [0.25, 0.3) is 0 Å². The summed E-state index contributed by atoms with van der Waals surface area (Å²) in [4.78, 5) is 15.1. The quantitative estimate of drug-likeness (QED) is 0.205. The number of guanidine groups is 1. The summed E-state index contributed by atoms with van der Waals surface area (Å²) < 4.78 is 5.39. The van der Waals surface area contributed by atoms with Crippen LogP contribution in [0.3, 0.4) is 0 Å². The van der Waals surface area contributed by atoms with Gasteiger partial charge < -0.3 is 15.1 Å². The summed E-state index contributed by atoms with van der Waals surface area (Å²) in [7, 11) is 0. The first-order valence-corrected chi connectivity index (χ1v) is 9.48. The van der Waals surface area contributed by atoms with E-state index < -0.39 is 0 Å². The average molecular weight is 496 g/mol. The Morgan fingerprint density at radius 3 is 2.64 bits per heavy atom. The summed E-state index contributed by atoms with van der Waals surface area (Å²) in [6.45, 7) is 1.03. The molecule has 2 aromatic rings. The molecule has 8 heteroatoms. The summed E-state index contributed by atoms with van der Waals surface area (Å²) in [6.07, 6.45) is 6.86. The van der Waals surface area contributed by atoms with Crippen molar-refractivity contribution in [2.24, 2.45) is 16.8 Å². The molecule has 1 aromatic heterocycles. The van der Waals surface area contributed by atoms with E-state index in [-0.39, 0.29) is 34.6 Å². The number of rotatable bonds is 6. The van der Waals surface area contributed by atoms with Crippen molar-refractivity contribution in [1.29, 1.82) is 0 Å². The van der Waals surface area contributed by atoms with Crippen molar-refractivity contribution in [1.82, 2.24) is 10.6 Å². The zero-order chi connectivity index (χ0) is 18.6. The Morgan fingerprint density at radius 1 is 1.21 bits per heavy atom. The van der Waals surface area contributed by atoms with Gasteiger partial charge in [0, 0.05) is 18.2 Å². The van der Waals surface area contributed by atoms with E-state index in [0.29, 0.717) is 19.1 Å². The van der Waals surface area contributed by atoms with Crippen LogP contribution in [0.1, 0.15) is 37.0 Å². The molecule has 3 unspecified atom stereocenters. The van der Waals surface area contributed by atoms with Crippen molar-refractivity contribution in [3.63, 3.8) is 0 Å². The smallest absolute Gasteiger partial charge is 0.269 e. The fourth-order valence-electron chi connectivity index (χ4n) is 4.23. The predicted molar refractivity (Wildman–Crippen MR) is 118 cm³/mol. The van der Waals surface area contributed by atoms with Crippen molar-refractivity contribution in [2.75, 3.05) is 0 Å². The molecule has 4 rings (SSSR count). The van der Waals surface area contributed by atoms with Crippen LogP contribution < -0.4 is 10.6 Å². The van der Waals surface area contributed by atoms with Crippen LogP contribution in [0.5, 0.6) is 0 Å². The van der Waals surface area contributed by atoms with Crippen molar-refractivity contribution in [3.05, 3.63) is 64.1 Å². The van der Waals surface area contributed by atoms with Gasteiger partial charge in [0.05, 0.1) is 24.3 Å². The Balaban J connectivity index is 0.00000225. The molecule has 1 aromatic carbocycles. The second kappa shape index (κ2) is 9.40. The van der Waals surface area contributed by atoms with Gasteiger partial charge in [0.15, 0.2) is 5.96 Å².